The highest BCUT2D eigenvalue weighted by Crippen LogP contribution is 2.14. The number of nitrogens with one attached hydrogen (secondary N) is 1. The Balaban J connectivity index is 2.09. The van der Waals surface area contributed by atoms with Crippen LogP contribution < -0.4 is 5.32 Å². The van der Waals surface area contributed by atoms with Crippen LogP contribution in [0.3, 0.4) is 0 Å². The molecule has 1 aromatic rings. The number of carbonyl (C=O) groups excluding carboxylic acids is 2. The number of amides is 1. The molecule has 0 bridgehead atoms. The normalized spacial score (nSPS) is 21.9. The third kappa shape index (κ3) is 2.26. The Kier molecular flexibility index (Phi) is 2.85. The van der Waals surface area contributed by atoms with Crippen LogP contribution in [0.15, 0.2) is 23.0 Å². The molecular weight excluding hydrogens is 194 g/mol. The standard InChI is InChI=1S/C11H13NO3/c13-10-4-2-1-3-9(12-10)11(14)8-5-6-15-7-8/h5-7,9H,1-4H2,(H,12,13). The van der Waals surface area contributed by atoms with E-state index in [9.17, 15) is 9.59 Å². The SMILES string of the molecule is O=C1CCCCC(C(=O)c2ccoc2)N1. The molecule has 1 fully saturated rings. The molecule has 4 nitrogen and oxygen atoms in total. The topological polar surface area (TPSA) is 59.3 Å². The van der Waals surface area contributed by atoms with E-state index in [0.29, 0.717) is 12.0 Å². The lowest BCUT2D eigenvalue weighted by molar-refractivity contribution is -0.121. The Hall–Kier alpha value is -1.58. The zero-order valence-electron chi connectivity index (χ0n) is 8.36. The van der Waals surface area contributed by atoms with E-state index in [1.165, 1.54) is 12.5 Å². The zero-order chi connectivity index (χ0) is 10.7. The summed E-state index contributed by atoms with van der Waals surface area (Å²) >= 11 is 0. The molecule has 1 unspecified atom stereocenters. The van der Waals surface area contributed by atoms with Gasteiger partial charge in [0.1, 0.15) is 6.26 Å². The molecule has 0 spiro atoms. The third-order valence-corrected chi connectivity index (χ3v) is 2.60. The van der Waals surface area contributed by atoms with Crippen molar-refractivity contribution in [3.63, 3.8) is 0 Å². The van der Waals surface area contributed by atoms with Gasteiger partial charge in [-0.2, -0.15) is 0 Å². The van der Waals surface area contributed by atoms with Crippen LogP contribution in [0.4, 0.5) is 0 Å². The summed E-state index contributed by atoms with van der Waals surface area (Å²) in [6, 6.07) is 1.25. The number of hydrogen-bond donors (Lipinski definition) is 1. The van der Waals surface area contributed by atoms with Crippen molar-refractivity contribution in [2.45, 2.75) is 31.7 Å². The zero-order valence-corrected chi connectivity index (χ0v) is 8.36. The highest BCUT2D eigenvalue weighted by atomic mass is 16.3. The van der Waals surface area contributed by atoms with Crippen LogP contribution >= 0.6 is 0 Å². The second-order valence-electron chi connectivity index (χ2n) is 3.74. The molecule has 4 heteroatoms. The van der Waals surface area contributed by atoms with Gasteiger partial charge in [0.05, 0.1) is 17.9 Å². The van der Waals surface area contributed by atoms with E-state index in [-0.39, 0.29) is 17.7 Å². The first kappa shape index (κ1) is 9.96. The van der Waals surface area contributed by atoms with Gasteiger partial charge in [-0.05, 0) is 18.9 Å². The van der Waals surface area contributed by atoms with Gasteiger partial charge >= 0.3 is 0 Å². The Labute approximate surface area is 87.6 Å². The smallest absolute Gasteiger partial charge is 0.220 e. The minimum atomic E-state index is -0.377. The van der Waals surface area contributed by atoms with E-state index in [1.54, 1.807) is 6.07 Å². The minimum Gasteiger partial charge on any atom is -0.472 e. The predicted octanol–water partition coefficient (Wildman–Crippen LogP) is 1.52. The van der Waals surface area contributed by atoms with Crippen molar-refractivity contribution in [1.82, 2.24) is 5.32 Å². The molecule has 0 radical (unpaired) electrons. The van der Waals surface area contributed by atoms with E-state index in [4.69, 9.17) is 4.42 Å². The summed E-state index contributed by atoms with van der Waals surface area (Å²) in [4.78, 5) is 23.2. The van der Waals surface area contributed by atoms with Crippen LogP contribution in [-0.2, 0) is 4.79 Å². The lowest BCUT2D eigenvalue weighted by Crippen LogP contribution is -2.39. The van der Waals surface area contributed by atoms with Gasteiger partial charge < -0.3 is 9.73 Å². The Morgan fingerprint density at radius 3 is 3.07 bits per heavy atom. The summed E-state index contributed by atoms with van der Waals surface area (Å²) in [5.41, 5.74) is 0.530. The van der Waals surface area contributed by atoms with Crippen molar-refractivity contribution in [2.75, 3.05) is 0 Å². The summed E-state index contributed by atoms with van der Waals surface area (Å²) in [6.07, 6.45) is 5.89. The number of rotatable bonds is 2. The monoisotopic (exact) mass is 207 g/mol. The first-order valence-corrected chi connectivity index (χ1v) is 5.13. The molecule has 2 rings (SSSR count). The number of ketones is 1. The predicted molar refractivity (Wildman–Crippen MR) is 53.4 cm³/mol. The fraction of sp³-hybridized carbons (Fsp3) is 0.455. The van der Waals surface area contributed by atoms with Crippen molar-refractivity contribution >= 4 is 11.7 Å². The molecule has 80 valence electrons. The molecular formula is C11H13NO3. The molecule has 2 heterocycles. The lowest BCUT2D eigenvalue weighted by Gasteiger charge is -2.12. The van der Waals surface area contributed by atoms with Crippen LogP contribution in [0, 0.1) is 0 Å². The van der Waals surface area contributed by atoms with Crippen LogP contribution in [0.25, 0.3) is 0 Å². The average Bonchev–Trinajstić information content (AvgIpc) is 2.67. The molecule has 15 heavy (non-hydrogen) atoms. The van der Waals surface area contributed by atoms with E-state index in [0.717, 1.165) is 19.3 Å². The van der Waals surface area contributed by atoms with Crippen LogP contribution in [0.5, 0.6) is 0 Å². The second-order valence-corrected chi connectivity index (χ2v) is 3.74. The van der Waals surface area contributed by atoms with Gasteiger partial charge in [0, 0.05) is 6.42 Å². The fourth-order valence-corrected chi connectivity index (χ4v) is 1.78. The van der Waals surface area contributed by atoms with Crippen LogP contribution in [0.2, 0.25) is 0 Å². The van der Waals surface area contributed by atoms with Crippen molar-refractivity contribution in [1.29, 1.82) is 0 Å². The molecule has 1 amide bonds. The van der Waals surface area contributed by atoms with Crippen molar-refractivity contribution in [3.05, 3.63) is 24.2 Å². The average molecular weight is 207 g/mol. The molecule has 1 N–H and O–H groups in total. The molecule has 1 atom stereocenters. The highest BCUT2D eigenvalue weighted by Gasteiger charge is 2.24. The van der Waals surface area contributed by atoms with Crippen molar-refractivity contribution in [3.8, 4) is 0 Å². The van der Waals surface area contributed by atoms with Gasteiger partial charge in [-0.25, -0.2) is 0 Å². The van der Waals surface area contributed by atoms with Gasteiger partial charge in [-0.15, -0.1) is 0 Å². The largest absolute Gasteiger partial charge is 0.472 e. The van der Waals surface area contributed by atoms with Gasteiger partial charge in [0.15, 0.2) is 5.78 Å². The Morgan fingerprint density at radius 2 is 2.33 bits per heavy atom. The highest BCUT2D eigenvalue weighted by molar-refractivity contribution is 6.01. The van der Waals surface area contributed by atoms with E-state index < -0.39 is 0 Å². The third-order valence-electron chi connectivity index (χ3n) is 2.60. The maximum atomic E-state index is 11.9. The molecule has 1 aliphatic heterocycles. The van der Waals surface area contributed by atoms with E-state index in [1.807, 2.05) is 0 Å². The molecule has 0 aromatic carbocycles. The molecule has 1 aliphatic rings. The van der Waals surface area contributed by atoms with Gasteiger partial charge in [-0.1, -0.05) is 6.42 Å². The van der Waals surface area contributed by atoms with Gasteiger partial charge in [0.2, 0.25) is 5.91 Å². The first-order chi connectivity index (χ1) is 7.27. The summed E-state index contributed by atoms with van der Waals surface area (Å²) in [6.45, 7) is 0. The Bertz CT molecular complexity index is 356. The summed E-state index contributed by atoms with van der Waals surface area (Å²) in [7, 11) is 0. The van der Waals surface area contributed by atoms with E-state index >= 15 is 0 Å². The summed E-state index contributed by atoms with van der Waals surface area (Å²) in [5, 5.41) is 2.74. The number of Topliss-reactive ketones (excluding diaryl/α,β-unsaturated/α-hetero) is 1. The molecule has 0 saturated carbocycles. The minimum absolute atomic E-state index is 0.0330. The number of furan rings is 1. The second kappa shape index (κ2) is 4.29. The summed E-state index contributed by atoms with van der Waals surface area (Å²) in [5.74, 6) is -0.0895. The Morgan fingerprint density at radius 1 is 1.47 bits per heavy atom. The van der Waals surface area contributed by atoms with Gasteiger partial charge in [-0.3, -0.25) is 9.59 Å². The van der Waals surface area contributed by atoms with Gasteiger partial charge in [0.25, 0.3) is 0 Å². The van der Waals surface area contributed by atoms with E-state index in [2.05, 4.69) is 5.32 Å². The van der Waals surface area contributed by atoms with Crippen LogP contribution in [0.1, 0.15) is 36.0 Å². The first-order valence-electron chi connectivity index (χ1n) is 5.13. The molecule has 0 aliphatic carbocycles. The van der Waals surface area contributed by atoms with Crippen molar-refractivity contribution in [2.24, 2.45) is 0 Å². The lowest BCUT2D eigenvalue weighted by atomic mass is 10.0. The quantitative estimate of drug-likeness (QED) is 0.748. The summed E-state index contributed by atoms with van der Waals surface area (Å²) < 4.78 is 4.85. The van der Waals surface area contributed by atoms with Crippen LogP contribution in [-0.4, -0.2) is 17.7 Å². The fourth-order valence-electron chi connectivity index (χ4n) is 1.78. The maximum absolute atomic E-state index is 11.9. The van der Waals surface area contributed by atoms with Crippen molar-refractivity contribution < 1.29 is 14.0 Å². The number of hydrogen-bond acceptors (Lipinski definition) is 3. The number of carbonyl (C=O) groups is 2. The molecule has 1 saturated heterocycles. The maximum Gasteiger partial charge on any atom is 0.220 e. The molecule has 1 aromatic heterocycles.